The second-order valence-electron chi connectivity index (χ2n) is 7.33. The molecule has 8 heteroatoms. The van der Waals surface area contributed by atoms with Gasteiger partial charge in [0.05, 0.1) is 22.1 Å². The number of amides is 1. The van der Waals surface area contributed by atoms with Crippen LogP contribution in [0.2, 0.25) is 0 Å². The minimum absolute atomic E-state index is 0.00191. The number of rotatable bonds is 6. The highest BCUT2D eigenvalue weighted by Gasteiger charge is 2.32. The van der Waals surface area contributed by atoms with E-state index in [2.05, 4.69) is 10.3 Å². The predicted octanol–water partition coefficient (Wildman–Crippen LogP) is 3.35. The highest BCUT2D eigenvalue weighted by Crippen LogP contribution is 2.32. The normalized spacial score (nSPS) is 18.2. The molecule has 1 atom stereocenters. The number of hydrogen-bond acceptors (Lipinski definition) is 5. The third kappa shape index (κ3) is 4.79. The van der Waals surface area contributed by atoms with Crippen molar-refractivity contribution in [1.82, 2.24) is 14.6 Å². The van der Waals surface area contributed by atoms with Gasteiger partial charge in [0, 0.05) is 30.8 Å². The summed E-state index contributed by atoms with van der Waals surface area (Å²) in [6, 6.07) is 5.46. The summed E-state index contributed by atoms with van der Waals surface area (Å²) in [5.41, 5.74) is 2.73. The van der Waals surface area contributed by atoms with E-state index in [0.717, 1.165) is 34.7 Å². The summed E-state index contributed by atoms with van der Waals surface area (Å²) in [7, 11) is -3.51. The van der Waals surface area contributed by atoms with Gasteiger partial charge in [-0.15, -0.1) is 11.3 Å². The van der Waals surface area contributed by atoms with Gasteiger partial charge in [-0.2, -0.15) is 4.31 Å². The molecule has 2 heterocycles. The molecule has 1 aliphatic heterocycles. The van der Waals surface area contributed by atoms with Crippen molar-refractivity contribution in [2.75, 3.05) is 13.1 Å². The Labute approximate surface area is 171 Å². The molecule has 0 aliphatic carbocycles. The van der Waals surface area contributed by atoms with E-state index in [-0.39, 0.29) is 11.8 Å². The van der Waals surface area contributed by atoms with Crippen molar-refractivity contribution in [2.24, 2.45) is 0 Å². The van der Waals surface area contributed by atoms with Gasteiger partial charge in [0.15, 0.2) is 0 Å². The average Bonchev–Trinajstić information content (AvgIpc) is 3.14. The fraction of sp³-hybridized carbons (Fsp3) is 0.500. The third-order valence-electron chi connectivity index (χ3n) is 4.92. The van der Waals surface area contributed by atoms with E-state index < -0.39 is 10.0 Å². The minimum atomic E-state index is -3.51. The molecule has 152 valence electrons. The number of nitrogens with zero attached hydrogens (tertiary/aromatic N) is 2. The molecule has 1 fully saturated rings. The van der Waals surface area contributed by atoms with Gasteiger partial charge in [0.1, 0.15) is 0 Å². The highest BCUT2D eigenvalue weighted by atomic mass is 32.2. The van der Waals surface area contributed by atoms with E-state index >= 15 is 0 Å². The monoisotopic (exact) mass is 421 g/mol. The smallest absolute Gasteiger partial charge is 0.243 e. The van der Waals surface area contributed by atoms with E-state index in [9.17, 15) is 13.2 Å². The van der Waals surface area contributed by atoms with E-state index in [1.165, 1.54) is 0 Å². The standard InChI is InChI=1S/C20H27N3O3S2/c1-4-19(24)21-11-17-13-27-20(22-17)16-6-5-7-23(12-16)28(25,26)18-9-14(2)8-15(3)10-18/h8-10,13,16H,4-7,11-12H2,1-3H3,(H,21,24)/t16-/m1/s1. The molecule has 6 nitrogen and oxygen atoms in total. The summed E-state index contributed by atoms with van der Waals surface area (Å²) in [5.74, 6) is 0.0907. The Morgan fingerprint density at radius 2 is 2.00 bits per heavy atom. The zero-order valence-electron chi connectivity index (χ0n) is 16.6. The van der Waals surface area contributed by atoms with Crippen LogP contribution in [0.3, 0.4) is 0 Å². The first-order valence-electron chi connectivity index (χ1n) is 9.59. The fourth-order valence-electron chi connectivity index (χ4n) is 3.50. The Morgan fingerprint density at radius 3 is 2.68 bits per heavy atom. The van der Waals surface area contributed by atoms with Crippen molar-refractivity contribution in [1.29, 1.82) is 0 Å². The first kappa shape index (κ1) is 21.0. The van der Waals surface area contributed by atoms with Crippen LogP contribution in [0.25, 0.3) is 0 Å². The van der Waals surface area contributed by atoms with Crippen LogP contribution in [0.4, 0.5) is 0 Å². The molecular weight excluding hydrogens is 394 g/mol. The van der Waals surface area contributed by atoms with Crippen LogP contribution in [0, 0.1) is 13.8 Å². The van der Waals surface area contributed by atoms with Gasteiger partial charge in [0.25, 0.3) is 0 Å². The number of carbonyl (C=O) groups excluding carboxylic acids is 1. The molecule has 0 bridgehead atoms. The summed E-state index contributed by atoms with van der Waals surface area (Å²) in [6.07, 6.45) is 2.19. The zero-order chi connectivity index (χ0) is 20.3. The zero-order valence-corrected chi connectivity index (χ0v) is 18.2. The van der Waals surface area contributed by atoms with Crippen molar-refractivity contribution in [3.63, 3.8) is 0 Å². The van der Waals surface area contributed by atoms with Gasteiger partial charge in [-0.25, -0.2) is 13.4 Å². The second-order valence-corrected chi connectivity index (χ2v) is 10.2. The molecule has 28 heavy (non-hydrogen) atoms. The Morgan fingerprint density at radius 1 is 1.29 bits per heavy atom. The number of thiazole rings is 1. The van der Waals surface area contributed by atoms with E-state index in [1.54, 1.807) is 27.8 Å². The maximum Gasteiger partial charge on any atom is 0.243 e. The van der Waals surface area contributed by atoms with Crippen molar-refractivity contribution in [2.45, 2.75) is 57.4 Å². The molecule has 1 N–H and O–H groups in total. The molecule has 3 rings (SSSR count). The largest absolute Gasteiger partial charge is 0.350 e. The third-order valence-corrected chi connectivity index (χ3v) is 7.82. The van der Waals surface area contributed by atoms with Crippen LogP contribution in [-0.2, 0) is 21.4 Å². The van der Waals surface area contributed by atoms with Crippen molar-refractivity contribution >= 4 is 27.3 Å². The molecule has 0 unspecified atom stereocenters. The Bertz CT molecular complexity index is 933. The van der Waals surface area contributed by atoms with E-state index in [0.29, 0.717) is 31.0 Å². The summed E-state index contributed by atoms with van der Waals surface area (Å²) in [5, 5.41) is 5.72. The van der Waals surface area contributed by atoms with Gasteiger partial charge >= 0.3 is 0 Å². The lowest BCUT2D eigenvalue weighted by Crippen LogP contribution is -2.39. The summed E-state index contributed by atoms with van der Waals surface area (Å²) in [4.78, 5) is 16.4. The highest BCUT2D eigenvalue weighted by molar-refractivity contribution is 7.89. The van der Waals surface area contributed by atoms with Crippen LogP contribution in [0.15, 0.2) is 28.5 Å². The van der Waals surface area contributed by atoms with E-state index in [1.807, 2.05) is 32.2 Å². The number of hydrogen-bond donors (Lipinski definition) is 1. The van der Waals surface area contributed by atoms with Crippen LogP contribution in [0.1, 0.15) is 53.9 Å². The van der Waals surface area contributed by atoms with Crippen molar-refractivity contribution in [3.8, 4) is 0 Å². The first-order chi connectivity index (χ1) is 13.3. The van der Waals surface area contributed by atoms with Crippen LogP contribution < -0.4 is 5.32 Å². The fourth-order valence-corrected chi connectivity index (χ4v) is 6.16. The molecule has 1 saturated heterocycles. The van der Waals surface area contributed by atoms with E-state index in [4.69, 9.17) is 0 Å². The van der Waals surface area contributed by atoms with Crippen LogP contribution in [0.5, 0.6) is 0 Å². The van der Waals surface area contributed by atoms with Gasteiger partial charge in [-0.05, 0) is 49.9 Å². The van der Waals surface area contributed by atoms with Crippen LogP contribution in [-0.4, -0.2) is 36.7 Å². The lowest BCUT2D eigenvalue weighted by atomic mass is 10.0. The average molecular weight is 422 g/mol. The SMILES string of the molecule is CCC(=O)NCc1csc([C@@H]2CCCN(S(=O)(=O)c3cc(C)cc(C)c3)C2)n1. The number of nitrogens with one attached hydrogen (secondary N) is 1. The molecule has 1 aliphatic rings. The molecule has 1 amide bonds. The Balaban J connectivity index is 1.73. The van der Waals surface area contributed by atoms with Crippen LogP contribution >= 0.6 is 11.3 Å². The van der Waals surface area contributed by atoms with Gasteiger partial charge in [-0.1, -0.05) is 13.0 Å². The number of aryl methyl sites for hydroxylation is 2. The molecule has 0 spiro atoms. The summed E-state index contributed by atoms with van der Waals surface area (Å²) < 4.78 is 27.9. The molecule has 0 saturated carbocycles. The lowest BCUT2D eigenvalue weighted by Gasteiger charge is -2.31. The second kappa shape index (κ2) is 8.71. The molecule has 1 aromatic carbocycles. The Hall–Kier alpha value is -1.77. The minimum Gasteiger partial charge on any atom is -0.350 e. The summed E-state index contributed by atoms with van der Waals surface area (Å²) >= 11 is 1.54. The number of aromatic nitrogens is 1. The maximum absolute atomic E-state index is 13.1. The topological polar surface area (TPSA) is 79.4 Å². The molecule has 1 aromatic heterocycles. The molecular formula is C20H27N3O3S2. The quantitative estimate of drug-likeness (QED) is 0.776. The first-order valence-corrected chi connectivity index (χ1v) is 11.9. The molecule has 0 radical (unpaired) electrons. The number of sulfonamides is 1. The van der Waals surface area contributed by atoms with Gasteiger partial charge in [-0.3, -0.25) is 4.79 Å². The van der Waals surface area contributed by atoms with Gasteiger partial charge < -0.3 is 5.32 Å². The maximum atomic E-state index is 13.1. The summed E-state index contributed by atoms with van der Waals surface area (Å²) in [6.45, 7) is 7.05. The Kier molecular flexibility index (Phi) is 6.52. The lowest BCUT2D eigenvalue weighted by molar-refractivity contribution is -0.120. The number of piperidine rings is 1. The van der Waals surface area contributed by atoms with Crippen molar-refractivity contribution < 1.29 is 13.2 Å². The number of benzene rings is 1. The number of carbonyl (C=O) groups is 1. The predicted molar refractivity (Wildman–Crippen MR) is 111 cm³/mol. The van der Waals surface area contributed by atoms with Crippen molar-refractivity contribution in [3.05, 3.63) is 45.4 Å². The molecule has 2 aromatic rings. The van der Waals surface area contributed by atoms with Gasteiger partial charge in [0.2, 0.25) is 15.9 Å².